The first kappa shape index (κ1) is 18.1. The van der Waals surface area contributed by atoms with Crippen LogP contribution in [-0.2, 0) is 14.8 Å². The van der Waals surface area contributed by atoms with Gasteiger partial charge in [-0.25, -0.2) is 12.8 Å². The molecule has 11 heteroatoms. The molecule has 1 unspecified atom stereocenters. The highest BCUT2D eigenvalue weighted by atomic mass is 32.2. The van der Waals surface area contributed by atoms with Crippen molar-refractivity contribution in [3.63, 3.8) is 0 Å². The quantitative estimate of drug-likeness (QED) is 0.619. The molecule has 1 heterocycles. The molecule has 0 aromatic heterocycles. The Bertz CT molecular complexity index is 781. The monoisotopic (exact) mass is 362 g/mol. The summed E-state index contributed by atoms with van der Waals surface area (Å²) in [5.41, 5.74) is -0.847. The number of nitrogens with zero attached hydrogens (tertiary/aromatic N) is 2. The minimum absolute atomic E-state index is 0.0548. The first-order valence-electron chi connectivity index (χ1n) is 6.96. The summed E-state index contributed by atoms with van der Waals surface area (Å²) in [6.07, 6.45) is 1.11. The third-order valence-corrected chi connectivity index (χ3v) is 5.63. The second kappa shape index (κ2) is 6.69. The molecular formula is C13H15FN2O7S. The van der Waals surface area contributed by atoms with Gasteiger partial charge in [0.15, 0.2) is 5.82 Å². The molecule has 1 aromatic rings. The van der Waals surface area contributed by atoms with Crippen molar-refractivity contribution < 1.29 is 32.4 Å². The summed E-state index contributed by atoms with van der Waals surface area (Å²) in [4.78, 5) is 20.6. The molecule has 1 aromatic carbocycles. The van der Waals surface area contributed by atoms with Gasteiger partial charge in [0, 0.05) is 12.6 Å². The van der Waals surface area contributed by atoms with E-state index in [1.165, 1.54) is 0 Å². The molecule has 24 heavy (non-hydrogen) atoms. The molecule has 1 aliphatic heterocycles. The van der Waals surface area contributed by atoms with Gasteiger partial charge >= 0.3 is 11.7 Å². The lowest BCUT2D eigenvalue weighted by atomic mass is 10.1. The molecule has 0 amide bonds. The predicted molar refractivity (Wildman–Crippen MR) is 78.8 cm³/mol. The number of halogens is 1. The van der Waals surface area contributed by atoms with Crippen LogP contribution in [0.4, 0.5) is 10.1 Å². The number of piperidine rings is 1. The fourth-order valence-corrected chi connectivity index (χ4v) is 4.30. The maximum atomic E-state index is 14.0. The van der Waals surface area contributed by atoms with Crippen LogP contribution in [0.5, 0.6) is 5.75 Å². The zero-order valence-electron chi connectivity index (χ0n) is 12.6. The normalized spacial score (nSPS) is 19.0. The molecule has 0 aliphatic carbocycles. The molecule has 0 radical (unpaired) electrons. The number of benzene rings is 1. The van der Waals surface area contributed by atoms with Crippen LogP contribution in [0.2, 0.25) is 0 Å². The standard InChI is InChI=1S/C13H15FN2O7S/c1-23-12-9(14)6-8(7-11(12)16(19)20)24(21,22)15-5-3-2-4-10(15)13(17)18/h6-7,10H,2-5H2,1H3,(H,17,18). The second-order valence-electron chi connectivity index (χ2n) is 5.18. The van der Waals surface area contributed by atoms with Crippen LogP contribution in [0.15, 0.2) is 17.0 Å². The largest absolute Gasteiger partial charge is 0.488 e. The molecule has 1 N–H and O–H groups in total. The summed E-state index contributed by atoms with van der Waals surface area (Å²) in [5, 5.41) is 20.2. The summed E-state index contributed by atoms with van der Waals surface area (Å²) in [6, 6.07) is -0.0209. The van der Waals surface area contributed by atoms with E-state index in [4.69, 9.17) is 0 Å². The molecule has 0 saturated carbocycles. The molecule has 0 bridgehead atoms. The van der Waals surface area contributed by atoms with Gasteiger partial charge in [0.25, 0.3) is 0 Å². The number of sulfonamides is 1. The highest BCUT2D eigenvalue weighted by Crippen LogP contribution is 2.35. The van der Waals surface area contributed by atoms with Crippen molar-refractivity contribution in [1.82, 2.24) is 4.31 Å². The van der Waals surface area contributed by atoms with E-state index in [2.05, 4.69) is 4.74 Å². The third-order valence-electron chi connectivity index (χ3n) is 3.74. The van der Waals surface area contributed by atoms with Crippen LogP contribution in [0.1, 0.15) is 19.3 Å². The summed E-state index contributed by atoms with van der Waals surface area (Å²) in [6.45, 7) is -0.0548. The third kappa shape index (κ3) is 3.17. The molecule has 2 rings (SSSR count). The summed E-state index contributed by atoms with van der Waals surface area (Å²) < 4.78 is 44.6. The maximum Gasteiger partial charge on any atom is 0.322 e. The van der Waals surface area contributed by atoms with Crippen molar-refractivity contribution in [2.75, 3.05) is 13.7 Å². The van der Waals surface area contributed by atoms with Crippen molar-refractivity contribution in [3.8, 4) is 5.75 Å². The van der Waals surface area contributed by atoms with Crippen LogP contribution in [-0.4, -0.2) is 48.4 Å². The summed E-state index contributed by atoms with van der Waals surface area (Å²) in [7, 11) is -3.39. The Morgan fingerprint density at radius 2 is 2.12 bits per heavy atom. The predicted octanol–water partition coefficient (Wildman–Crippen LogP) is 1.37. The Balaban J connectivity index is 2.57. The Hall–Kier alpha value is -2.27. The van der Waals surface area contributed by atoms with Crippen molar-refractivity contribution in [3.05, 3.63) is 28.1 Å². The minimum atomic E-state index is -4.41. The first-order chi connectivity index (χ1) is 11.2. The lowest BCUT2D eigenvalue weighted by Crippen LogP contribution is -2.47. The van der Waals surface area contributed by atoms with Gasteiger partial charge in [0.1, 0.15) is 6.04 Å². The molecule has 9 nitrogen and oxygen atoms in total. The fraction of sp³-hybridized carbons (Fsp3) is 0.462. The average Bonchev–Trinajstić information content (AvgIpc) is 2.53. The van der Waals surface area contributed by atoms with E-state index in [1.807, 2.05) is 0 Å². The van der Waals surface area contributed by atoms with E-state index in [0.29, 0.717) is 25.0 Å². The molecule has 1 atom stereocenters. The molecule has 1 aliphatic rings. The topological polar surface area (TPSA) is 127 Å². The number of hydrogen-bond acceptors (Lipinski definition) is 6. The van der Waals surface area contributed by atoms with Crippen LogP contribution in [0.25, 0.3) is 0 Å². The highest BCUT2D eigenvalue weighted by Gasteiger charge is 2.39. The number of aliphatic carboxylic acids is 1. The zero-order valence-corrected chi connectivity index (χ0v) is 13.5. The van der Waals surface area contributed by atoms with Gasteiger partial charge in [-0.3, -0.25) is 14.9 Å². The molecular weight excluding hydrogens is 347 g/mol. The number of carbonyl (C=O) groups is 1. The Kier molecular flexibility index (Phi) is 5.04. The van der Waals surface area contributed by atoms with Gasteiger partial charge in [-0.2, -0.15) is 4.31 Å². The van der Waals surface area contributed by atoms with Crippen LogP contribution >= 0.6 is 0 Å². The maximum absolute atomic E-state index is 14.0. The van der Waals surface area contributed by atoms with Gasteiger partial charge in [0.2, 0.25) is 15.8 Å². The van der Waals surface area contributed by atoms with E-state index in [1.54, 1.807) is 0 Å². The molecule has 1 fully saturated rings. The van der Waals surface area contributed by atoms with Crippen LogP contribution < -0.4 is 4.74 Å². The number of carboxylic acids is 1. The zero-order chi connectivity index (χ0) is 18.1. The fourth-order valence-electron chi connectivity index (χ4n) is 2.62. The van der Waals surface area contributed by atoms with Gasteiger partial charge in [-0.05, 0) is 25.3 Å². The van der Waals surface area contributed by atoms with E-state index >= 15 is 0 Å². The Morgan fingerprint density at radius 1 is 1.46 bits per heavy atom. The summed E-state index contributed by atoms with van der Waals surface area (Å²) in [5.74, 6) is -3.22. The van der Waals surface area contributed by atoms with E-state index < -0.39 is 49.1 Å². The lowest BCUT2D eigenvalue weighted by Gasteiger charge is -2.31. The molecule has 132 valence electrons. The SMILES string of the molecule is COc1c(F)cc(S(=O)(=O)N2CCCCC2C(=O)O)cc1[N+](=O)[O-]. The van der Waals surface area contributed by atoms with E-state index in [9.17, 15) is 32.8 Å². The van der Waals surface area contributed by atoms with Crippen molar-refractivity contribution in [1.29, 1.82) is 0 Å². The van der Waals surface area contributed by atoms with E-state index in [-0.39, 0.29) is 13.0 Å². The van der Waals surface area contributed by atoms with Gasteiger partial charge in [-0.1, -0.05) is 0 Å². The van der Waals surface area contributed by atoms with Crippen molar-refractivity contribution in [2.24, 2.45) is 0 Å². The van der Waals surface area contributed by atoms with Gasteiger partial charge in [0.05, 0.1) is 16.9 Å². The number of nitro groups is 1. The minimum Gasteiger partial charge on any atom is -0.488 e. The lowest BCUT2D eigenvalue weighted by molar-refractivity contribution is -0.386. The van der Waals surface area contributed by atoms with Gasteiger partial charge < -0.3 is 9.84 Å². The first-order valence-corrected chi connectivity index (χ1v) is 8.40. The van der Waals surface area contributed by atoms with Gasteiger partial charge in [-0.15, -0.1) is 0 Å². The molecule has 1 saturated heterocycles. The highest BCUT2D eigenvalue weighted by molar-refractivity contribution is 7.89. The van der Waals surface area contributed by atoms with Crippen LogP contribution in [0.3, 0.4) is 0 Å². The average molecular weight is 362 g/mol. The van der Waals surface area contributed by atoms with Crippen LogP contribution in [0, 0.1) is 15.9 Å². The Morgan fingerprint density at radius 3 is 2.67 bits per heavy atom. The second-order valence-corrected chi connectivity index (χ2v) is 7.07. The van der Waals surface area contributed by atoms with Crippen molar-refractivity contribution in [2.45, 2.75) is 30.2 Å². The number of nitro benzene ring substituents is 1. The number of ether oxygens (including phenoxy) is 1. The number of hydrogen-bond donors (Lipinski definition) is 1. The summed E-state index contributed by atoms with van der Waals surface area (Å²) >= 11 is 0. The Labute approximate surface area is 136 Å². The van der Waals surface area contributed by atoms with Crippen molar-refractivity contribution >= 4 is 21.7 Å². The number of rotatable bonds is 5. The number of methoxy groups -OCH3 is 1. The smallest absolute Gasteiger partial charge is 0.322 e. The van der Waals surface area contributed by atoms with E-state index in [0.717, 1.165) is 11.4 Å². The molecule has 0 spiro atoms. The number of carboxylic acid groups (broad SMARTS) is 1.